The van der Waals surface area contributed by atoms with E-state index >= 15 is 0 Å². The first kappa shape index (κ1) is 7.84. The van der Waals surface area contributed by atoms with Gasteiger partial charge < -0.3 is 4.74 Å². The Kier molecular flexibility index (Phi) is 2.53. The highest BCUT2D eigenvalue weighted by molar-refractivity contribution is 14.1. The summed E-state index contributed by atoms with van der Waals surface area (Å²) in [5, 5.41) is 4.18. The molecule has 0 fully saturated rings. The average Bonchev–Trinajstić information content (AvgIpc) is 2.30. The molecular weight excluding hydrogens is 243 g/mol. The van der Waals surface area contributed by atoms with Crippen molar-refractivity contribution in [1.82, 2.24) is 9.78 Å². The Hall–Kier alpha value is -0.260. The van der Waals surface area contributed by atoms with E-state index in [9.17, 15) is 0 Å². The van der Waals surface area contributed by atoms with Gasteiger partial charge in [-0.2, -0.15) is 5.10 Å². The van der Waals surface area contributed by atoms with E-state index < -0.39 is 0 Å². The Bertz CT molecular complexity index is 200. The number of hydrogen-bond donors (Lipinski definition) is 0. The molecule has 1 aromatic heterocycles. The summed E-state index contributed by atoms with van der Waals surface area (Å²) in [7, 11) is 1.65. The summed E-state index contributed by atoms with van der Waals surface area (Å²) in [4.78, 5) is 0. The van der Waals surface area contributed by atoms with E-state index in [-0.39, 0.29) is 0 Å². The molecule has 0 aromatic carbocycles. The number of methoxy groups -OCH3 is 1. The molecule has 0 bridgehead atoms. The minimum Gasteiger partial charge on any atom is -0.481 e. The van der Waals surface area contributed by atoms with Crippen LogP contribution in [0.1, 0.15) is 6.92 Å². The minimum atomic E-state index is 0.826. The van der Waals surface area contributed by atoms with Gasteiger partial charge in [-0.1, -0.05) is 0 Å². The number of halogens is 1. The third-order valence-electron chi connectivity index (χ3n) is 1.22. The predicted octanol–water partition coefficient (Wildman–Crippen LogP) is 1.52. The van der Waals surface area contributed by atoms with Gasteiger partial charge in [0, 0.05) is 12.6 Å². The number of nitrogens with zero attached hydrogens (tertiary/aromatic N) is 2. The molecule has 0 unspecified atom stereocenters. The van der Waals surface area contributed by atoms with Gasteiger partial charge in [-0.05, 0) is 29.5 Å². The van der Waals surface area contributed by atoms with Crippen molar-refractivity contribution in [2.45, 2.75) is 13.5 Å². The van der Waals surface area contributed by atoms with Crippen LogP contribution in [0.2, 0.25) is 0 Å². The van der Waals surface area contributed by atoms with Crippen molar-refractivity contribution in [3.63, 3.8) is 0 Å². The van der Waals surface area contributed by atoms with Gasteiger partial charge in [-0.15, -0.1) is 0 Å². The number of aryl methyl sites for hydroxylation is 1. The summed E-state index contributed by atoms with van der Waals surface area (Å²) in [5.74, 6) is 0.826. The van der Waals surface area contributed by atoms with Crippen molar-refractivity contribution in [1.29, 1.82) is 0 Å². The summed E-state index contributed by atoms with van der Waals surface area (Å²) in [6, 6.07) is 1.91. The third-order valence-corrected chi connectivity index (χ3v) is 1.75. The zero-order chi connectivity index (χ0) is 7.56. The lowest BCUT2D eigenvalue weighted by atomic mass is 10.6. The van der Waals surface area contributed by atoms with Gasteiger partial charge in [0.1, 0.15) is 3.70 Å². The molecule has 1 aromatic rings. The lowest BCUT2D eigenvalue weighted by molar-refractivity contribution is 0.364. The molecule has 4 heteroatoms. The van der Waals surface area contributed by atoms with E-state index in [1.54, 1.807) is 7.11 Å². The van der Waals surface area contributed by atoms with E-state index in [2.05, 4.69) is 27.7 Å². The highest BCUT2D eigenvalue weighted by Gasteiger charge is 2.02. The van der Waals surface area contributed by atoms with Crippen LogP contribution in [0.5, 0.6) is 5.88 Å². The summed E-state index contributed by atoms with van der Waals surface area (Å²) < 4.78 is 7.84. The topological polar surface area (TPSA) is 27.1 Å². The predicted molar refractivity (Wildman–Crippen MR) is 47.2 cm³/mol. The molecule has 0 aliphatic rings. The fourth-order valence-corrected chi connectivity index (χ4v) is 1.29. The van der Waals surface area contributed by atoms with Crippen LogP contribution in [-0.4, -0.2) is 16.9 Å². The van der Waals surface area contributed by atoms with E-state index in [1.807, 2.05) is 17.7 Å². The molecule has 0 atom stereocenters. The summed E-state index contributed by atoms with van der Waals surface area (Å²) in [5.41, 5.74) is 0. The van der Waals surface area contributed by atoms with Gasteiger partial charge in [0.2, 0.25) is 5.88 Å². The Morgan fingerprint density at radius 2 is 2.50 bits per heavy atom. The SMILES string of the molecule is CCn1nc(I)cc1OC. The molecule has 0 aliphatic heterocycles. The number of hydrogen-bond acceptors (Lipinski definition) is 2. The zero-order valence-corrected chi connectivity index (χ0v) is 8.12. The van der Waals surface area contributed by atoms with Crippen molar-refractivity contribution in [3.05, 3.63) is 9.77 Å². The summed E-state index contributed by atoms with van der Waals surface area (Å²) >= 11 is 2.16. The maximum Gasteiger partial charge on any atom is 0.212 e. The quantitative estimate of drug-likeness (QED) is 0.746. The van der Waals surface area contributed by atoms with Gasteiger partial charge in [0.15, 0.2) is 0 Å². The highest BCUT2D eigenvalue weighted by atomic mass is 127. The van der Waals surface area contributed by atoms with Crippen LogP contribution in [0.15, 0.2) is 6.07 Å². The molecule has 0 N–H and O–H groups in total. The molecule has 56 valence electrons. The molecule has 3 nitrogen and oxygen atoms in total. The Morgan fingerprint density at radius 3 is 2.90 bits per heavy atom. The standard InChI is InChI=1S/C6H9IN2O/c1-3-9-6(10-2)4-5(7)8-9/h4H,3H2,1-2H3. The lowest BCUT2D eigenvalue weighted by Gasteiger charge is -1.99. The van der Waals surface area contributed by atoms with Crippen LogP contribution < -0.4 is 4.74 Å². The van der Waals surface area contributed by atoms with E-state index in [1.165, 1.54) is 0 Å². The molecule has 0 spiro atoms. The molecule has 0 saturated carbocycles. The van der Waals surface area contributed by atoms with Crippen LogP contribution in [-0.2, 0) is 6.54 Å². The summed E-state index contributed by atoms with van der Waals surface area (Å²) in [6.45, 7) is 2.89. The Morgan fingerprint density at radius 1 is 1.80 bits per heavy atom. The molecular formula is C6H9IN2O. The third kappa shape index (κ3) is 1.42. The Labute approximate surface area is 73.5 Å². The smallest absolute Gasteiger partial charge is 0.212 e. The van der Waals surface area contributed by atoms with Gasteiger partial charge in [-0.25, -0.2) is 4.68 Å². The molecule has 0 amide bonds. The lowest BCUT2D eigenvalue weighted by Crippen LogP contribution is -1.99. The van der Waals surface area contributed by atoms with Crippen molar-refractivity contribution in [2.24, 2.45) is 0 Å². The van der Waals surface area contributed by atoms with Gasteiger partial charge in [-0.3, -0.25) is 0 Å². The molecule has 1 heterocycles. The largest absolute Gasteiger partial charge is 0.481 e. The minimum absolute atomic E-state index is 0.826. The second kappa shape index (κ2) is 3.23. The van der Waals surface area contributed by atoms with E-state index in [0.29, 0.717) is 0 Å². The average molecular weight is 252 g/mol. The first-order valence-corrected chi connectivity index (χ1v) is 4.13. The maximum absolute atomic E-state index is 5.05. The number of rotatable bonds is 2. The second-order valence-corrected chi connectivity index (χ2v) is 2.93. The van der Waals surface area contributed by atoms with Crippen molar-refractivity contribution in [3.8, 4) is 5.88 Å². The first-order valence-electron chi connectivity index (χ1n) is 3.05. The van der Waals surface area contributed by atoms with Crippen molar-refractivity contribution in [2.75, 3.05) is 7.11 Å². The van der Waals surface area contributed by atoms with Gasteiger partial charge in [0.25, 0.3) is 0 Å². The zero-order valence-electron chi connectivity index (χ0n) is 5.97. The molecule has 1 rings (SSSR count). The fraction of sp³-hybridized carbons (Fsp3) is 0.500. The van der Waals surface area contributed by atoms with Crippen LogP contribution in [0, 0.1) is 3.70 Å². The Balaban J connectivity index is 2.96. The fourth-order valence-electron chi connectivity index (χ4n) is 0.761. The van der Waals surface area contributed by atoms with Gasteiger partial charge in [0.05, 0.1) is 7.11 Å². The molecule has 0 radical (unpaired) electrons. The molecule has 0 aliphatic carbocycles. The highest BCUT2D eigenvalue weighted by Crippen LogP contribution is 2.13. The number of aromatic nitrogens is 2. The van der Waals surface area contributed by atoms with Crippen LogP contribution in [0.3, 0.4) is 0 Å². The second-order valence-electron chi connectivity index (χ2n) is 1.83. The van der Waals surface area contributed by atoms with Crippen LogP contribution in [0.25, 0.3) is 0 Å². The van der Waals surface area contributed by atoms with Crippen LogP contribution >= 0.6 is 22.6 Å². The van der Waals surface area contributed by atoms with Crippen molar-refractivity contribution >= 4 is 22.6 Å². The van der Waals surface area contributed by atoms with Gasteiger partial charge >= 0.3 is 0 Å². The molecule has 10 heavy (non-hydrogen) atoms. The van der Waals surface area contributed by atoms with Crippen LogP contribution in [0.4, 0.5) is 0 Å². The summed E-state index contributed by atoms with van der Waals surface area (Å²) in [6.07, 6.45) is 0. The molecule has 0 saturated heterocycles. The number of ether oxygens (including phenoxy) is 1. The first-order chi connectivity index (χ1) is 4.77. The monoisotopic (exact) mass is 252 g/mol. The maximum atomic E-state index is 5.05. The van der Waals surface area contributed by atoms with E-state index in [0.717, 1.165) is 16.1 Å². The van der Waals surface area contributed by atoms with E-state index in [4.69, 9.17) is 4.74 Å². The van der Waals surface area contributed by atoms with Crippen molar-refractivity contribution < 1.29 is 4.74 Å². The normalized spacial score (nSPS) is 9.90.